The largest absolute Gasteiger partial charge is 0.594 e. The van der Waals surface area contributed by atoms with Crippen LogP contribution in [0.4, 0.5) is 17.1 Å². The van der Waals surface area contributed by atoms with Crippen LogP contribution in [0.15, 0.2) is 47.6 Å². The fourth-order valence-corrected chi connectivity index (χ4v) is 1.69. The van der Waals surface area contributed by atoms with Gasteiger partial charge in [-0.15, -0.1) is 0 Å². The van der Waals surface area contributed by atoms with Gasteiger partial charge in [0.15, 0.2) is 0 Å². The Labute approximate surface area is 115 Å². The summed E-state index contributed by atoms with van der Waals surface area (Å²) in [6, 6.07) is 11.4. The monoisotopic (exact) mass is 271 g/mol. The first kappa shape index (κ1) is 13.7. The molecule has 0 atom stereocenters. The first-order valence-electron chi connectivity index (χ1n) is 5.98. The standard InChI is InChI=1S/C14H13N3O3/c1-10-3-6-12(7-4-10)15-16(18)13-8-5-11(2)14(9-13)17(19)20/h3-9H,1-2H3. The van der Waals surface area contributed by atoms with E-state index in [1.54, 1.807) is 19.1 Å². The summed E-state index contributed by atoms with van der Waals surface area (Å²) in [6.07, 6.45) is 0. The number of hydrogen-bond acceptors (Lipinski definition) is 4. The molecule has 0 saturated heterocycles. The lowest BCUT2D eigenvalue weighted by molar-refractivity contribution is -0.436. The molecule has 0 amide bonds. The fraction of sp³-hybridized carbons (Fsp3) is 0.143. The van der Waals surface area contributed by atoms with Crippen molar-refractivity contribution in [3.8, 4) is 0 Å². The third-order valence-corrected chi connectivity index (χ3v) is 2.85. The lowest BCUT2D eigenvalue weighted by atomic mass is 10.2. The molecule has 0 unspecified atom stereocenters. The highest BCUT2D eigenvalue weighted by Crippen LogP contribution is 2.25. The lowest BCUT2D eigenvalue weighted by Gasteiger charge is -2.01. The van der Waals surface area contributed by atoms with Crippen molar-refractivity contribution in [2.75, 3.05) is 0 Å². The van der Waals surface area contributed by atoms with E-state index in [4.69, 9.17) is 0 Å². The molecule has 2 aromatic rings. The number of nitro groups is 1. The molecule has 0 heterocycles. The predicted octanol–water partition coefficient (Wildman–Crippen LogP) is 4.14. The molecule has 6 heteroatoms. The third-order valence-electron chi connectivity index (χ3n) is 2.85. The van der Waals surface area contributed by atoms with Gasteiger partial charge in [-0.1, -0.05) is 17.7 Å². The summed E-state index contributed by atoms with van der Waals surface area (Å²) in [7, 11) is 0. The van der Waals surface area contributed by atoms with Crippen LogP contribution >= 0.6 is 0 Å². The van der Waals surface area contributed by atoms with E-state index in [2.05, 4.69) is 5.11 Å². The zero-order chi connectivity index (χ0) is 14.7. The molecule has 0 aliphatic heterocycles. The second kappa shape index (κ2) is 5.48. The number of hydrogen-bond donors (Lipinski definition) is 0. The molecule has 0 radical (unpaired) electrons. The van der Waals surface area contributed by atoms with Gasteiger partial charge >= 0.3 is 0 Å². The quantitative estimate of drug-likeness (QED) is 0.364. The smallest absolute Gasteiger partial charge is 0.279 e. The average molecular weight is 271 g/mol. The number of benzene rings is 2. The third kappa shape index (κ3) is 2.97. The summed E-state index contributed by atoms with van der Waals surface area (Å²) < 4.78 is 0. The van der Waals surface area contributed by atoms with Gasteiger partial charge in [0, 0.05) is 16.7 Å². The van der Waals surface area contributed by atoms with Gasteiger partial charge in [-0.05, 0) is 36.9 Å². The van der Waals surface area contributed by atoms with Crippen LogP contribution in [0.1, 0.15) is 11.1 Å². The van der Waals surface area contributed by atoms with Crippen LogP contribution in [0.2, 0.25) is 0 Å². The molecule has 0 aromatic heterocycles. The predicted molar refractivity (Wildman–Crippen MR) is 74.4 cm³/mol. The molecule has 2 rings (SSSR count). The number of rotatable bonds is 3. The Morgan fingerprint density at radius 3 is 2.25 bits per heavy atom. The molecule has 2 aromatic carbocycles. The van der Waals surface area contributed by atoms with Crippen LogP contribution in [0.25, 0.3) is 0 Å². The van der Waals surface area contributed by atoms with Crippen LogP contribution < -0.4 is 0 Å². The molecule has 0 spiro atoms. The summed E-state index contributed by atoms with van der Waals surface area (Å²) >= 11 is 0. The molecule has 0 saturated carbocycles. The van der Waals surface area contributed by atoms with Crippen LogP contribution in [-0.2, 0) is 0 Å². The molecule has 6 nitrogen and oxygen atoms in total. The van der Waals surface area contributed by atoms with E-state index in [1.807, 2.05) is 19.1 Å². The first-order valence-corrected chi connectivity index (χ1v) is 5.98. The summed E-state index contributed by atoms with van der Waals surface area (Å²) in [6.45, 7) is 3.55. The maximum atomic E-state index is 11.9. The first-order chi connectivity index (χ1) is 9.47. The van der Waals surface area contributed by atoms with Gasteiger partial charge < -0.3 is 5.21 Å². The number of nitro benzene ring substituents is 1. The van der Waals surface area contributed by atoms with Crippen LogP contribution in [0.5, 0.6) is 0 Å². The van der Waals surface area contributed by atoms with E-state index >= 15 is 0 Å². The molecular formula is C14H13N3O3. The van der Waals surface area contributed by atoms with Crippen molar-refractivity contribution in [2.45, 2.75) is 13.8 Å². The Morgan fingerprint density at radius 1 is 1.00 bits per heavy atom. The van der Waals surface area contributed by atoms with Crippen molar-refractivity contribution < 1.29 is 9.78 Å². The zero-order valence-electron chi connectivity index (χ0n) is 11.1. The maximum Gasteiger partial charge on any atom is 0.279 e. The summed E-state index contributed by atoms with van der Waals surface area (Å²) in [5.41, 5.74) is 2.09. The second-order valence-electron chi connectivity index (χ2n) is 4.44. The molecular weight excluding hydrogens is 258 g/mol. The zero-order valence-corrected chi connectivity index (χ0v) is 11.1. The maximum absolute atomic E-state index is 11.9. The molecule has 0 aliphatic rings. The number of azo groups is 1. The highest BCUT2D eigenvalue weighted by molar-refractivity contribution is 5.48. The van der Waals surface area contributed by atoms with E-state index in [0.717, 1.165) is 5.56 Å². The van der Waals surface area contributed by atoms with Gasteiger partial charge in [0.25, 0.3) is 11.4 Å². The van der Waals surface area contributed by atoms with Gasteiger partial charge in [-0.2, -0.15) is 0 Å². The summed E-state index contributed by atoms with van der Waals surface area (Å²) in [5.74, 6) is 0. The molecule has 0 N–H and O–H groups in total. The summed E-state index contributed by atoms with van der Waals surface area (Å²) in [5, 5.41) is 26.6. The van der Waals surface area contributed by atoms with Crippen molar-refractivity contribution in [1.29, 1.82) is 0 Å². The average Bonchev–Trinajstić information content (AvgIpc) is 2.41. The van der Waals surface area contributed by atoms with Gasteiger partial charge in [0.2, 0.25) is 0 Å². The molecule has 0 aliphatic carbocycles. The van der Waals surface area contributed by atoms with E-state index in [-0.39, 0.29) is 11.4 Å². The SMILES string of the molecule is Cc1ccc(N=[N+]([O-])c2ccc(C)c([N+](=O)[O-])c2)cc1. The van der Waals surface area contributed by atoms with Crippen molar-refractivity contribution >= 4 is 17.1 Å². The second-order valence-corrected chi connectivity index (χ2v) is 4.44. The Bertz CT molecular complexity index is 679. The van der Waals surface area contributed by atoms with Gasteiger partial charge in [0.1, 0.15) is 5.69 Å². The highest BCUT2D eigenvalue weighted by Gasteiger charge is 2.15. The normalized spacial score (nSPS) is 11.4. The van der Waals surface area contributed by atoms with Crippen LogP contribution in [0, 0.1) is 29.2 Å². The molecule has 20 heavy (non-hydrogen) atoms. The van der Waals surface area contributed by atoms with Crippen molar-refractivity contribution in [3.63, 3.8) is 0 Å². The van der Waals surface area contributed by atoms with E-state index in [9.17, 15) is 15.3 Å². The minimum Gasteiger partial charge on any atom is -0.594 e. The Balaban J connectivity index is 2.38. The van der Waals surface area contributed by atoms with Gasteiger partial charge in [0.05, 0.1) is 11.0 Å². The highest BCUT2D eigenvalue weighted by atomic mass is 16.6. The molecule has 0 bridgehead atoms. The minimum atomic E-state index is -0.515. The van der Waals surface area contributed by atoms with Gasteiger partial charge in [-0.25, -0.2) is 0 Å². The summed E-state index contributed by atoms with van der Waals surface area (Å²) in [4.78, 5) is 10.7. The van der Waals surface area contributed by atoms with Crippen molar-refractivity contribution in [1.82, 2.24) is 0 Å². The fourth-order valence-electron chi connectivity index (χ4n) is 1.69. The number of nitrogens with zero attached hydrogens (tertiary/aromatic N) is 3. The van der Waals surface area contributed by atoms with Gasteiger partial charge in [-0.3, -0.25) is 10.1 Å². The van der Waals surface area contributed by atoms with E-state index < -0.39 is 4.92 Å². The molecule has 0 fully saturated rings. The van der Waals surface area contributed by atoms with Crippen LogP contribution in [0.3, 0.4) is 0 Å². The lowest BCUT2D eigenvalue weighted by Crippen LogP contribution is -1.95. The topological polar surface area (TPSA) is 81.6 Å². The Morgan fingerprint density at radius 2 is 1.65 bits per heavy atom. The number of aryl methyl sites for hydroxylation is 2. The molecule has 102 valence electrons. The van der Waals surface area contributed by atoms with Crippen LogP contribution in [-0.4, -0.2) is 9.78 Å². The van der Waals surface area contributed by atoms with Crippen molar-refractivity contribution in [2.24, 2.45) is 5.11 Å². The van der Waals surface area contributed by atoms with E-state index in [1.165, 1.54) is 18.2 Å². The Hall–Kier alpha value is -2.76. The Kier molecular flexibility index (Phi) is 3.74. The van der Waals surface area contributed by atoms with Crippen molar-refractivity contribution in [3.05, 3.63) is 68.9 Å². The minimum absolute atomic E-state index is 0.0949. The van der Waals surface area contributed by atoms with E-state index in [0.29, 0.717) is 16.1 Å².